The van der Waals surface area contributed by atoms with Crippen LogP contribution in [0.5, 0.6) is 0 Å². The topological polar surface area (TPSA) is 49.3 Å². The molecule has 2 N–H and O–H groups in total. The van der Waals surface area contributed by atoms with Gasteiger partial charge in [0.05, 0.1) is 5.60 Å². The summed E-state index contributed by atoms with van der Waals surface area (Å²) in [6.07, 6.45) is 31.1. The van der Waals surface area contributed by atoms with Crippen molar-refractivity contribution in [2.75, 3.05) is 6.54 Å². The summed E-state index contributed by atoms with van der Waals surface area (Å²) in [6, 6.07) is 0. The zero-order valence-electron chi connectivity index (χ0n) is 18.6. The van der Waals surface area contributed by atoms with Gasteiger partial charge in [0, 0.05) is 12.6 Å². The zero-order chi connectivity index (χ0) is 21.6. The monoisotopic (exact) mass is 399 g/mol. The molecule has 1 amide bonds. The van der Waals surface area contributed by atoms with Crippen LogP contribution in [0.2, 0.25) is 0 Å². The second-order valence-corrected chi connectivity index (χ2v) is 7.19. The van der Waals surface area contributed by atoms with Crippen LogP contribution >= 0.6 is 0 Å². The van der Waals surface area contributed by atoms with Crippen LogP contribution < -0.4 is 5.32 Å². The van der Waals surface area contributed by atoms with Crippen LogP contribution in [0.15, 0.2) is 72.9 Å². The quantitative estimate of drug-likeness (QED) is 0.180. The third-order valence-corrected chi connectivity index (χ3v) is 4.62. The van der Waals surface area contributed by atoms with E-state index in [4.69, 9.17) is 0 Å². The van der Waals surface area contributed by atoms with Gasteiger partial charge >= 0.3 is 0 Å². The first-order valence-electron chi connectivity index (χ1n) is 11.0. The van der Waals surface area contributed by atoms with Crippen molar-refractivity contribution in [3.63, 3.8) is 0 Å². The molecule has 0 aromatic rings. The minimum Gasteiger partial charge on any atom is -0.388 e. The maximum absolute atomic E-state index is 11.9. The minimum absolute atomic E-state index is 0.171. The minimum atomic E-state index is -0.799. The number of rotatable bonds is 16. The number of aliphatic hydroxyl groups is 1. The SMILES string of the molecule is CC=CC=CC=CCCC=CC=CC=CC(=O)NCC(O)(CC)CCCCCC. The highest BCUT2D eigenvalue weighted by molar-refractivity contribution is 5.87. The van der Waals surface area contributed by atoms with Crippen molar-refractivity contribution in [2.24, 2.45) is 0 Å². The van der Waals surface area contributed by atoms with E-state index in [9.17, 15) is 9.90 Å². The van der Waals surface area contributed by atoms with Gasteiger partial charge in [0.1, 0.15) is 0 Å². The van der Waals surface area contributed by atoms with E-state index in [2.05, 4.69) is 30.5 Å². The third kappa shape index (κ3) is 17.7. The maximum Gasteiger partial charge on any atom is 0.244 e. The molecular weight excluding hydrogens is 358 g/mol. The molecule has 0 radical (unpaired) electrons. The summed E-state index contributed by atoms with van der Waals surface area (Å²) < 4.78 is 0. The predicted octanol–water partition coefficient (Wildman–Crippen LogP) is 6.35. The lowest BCUT2D eigenvalue weighted by atomic mass is 9.93. The van der Waals surface area contributed by atoms with Crippen LogP contribution in [0, 0.1) is 0 Å². The first-order valence-corrected chi connectivity index (χ1v) is 11.0. The first kappa shape index (κ1) is 26.9. The Labute approximate surface area is 178 Å². The molecule has 162 valence electrons. The highest BCUT2D eigenvalue weighted by Crippen LogP contribution is 2.18. The summed E-state index contributed by atoms with van der Waals surface area (Å²) >= 11 is 0. The second kappa shape index (κ2) is 19.2. The van der Waals surface area contributed by atoms with Gasteiger partial charge in [-0.3, -0.25) is 4.79 Å². The van der Waals surface area contributed by atoms with Crippen LogP contribution in [0.25, 0.3) is 0 Å². The smallest absolute Gasteiger partial charge is 0.244 e. The molecule has 3 nitrogen and oxygen atoms in total. The molecule has 0 aliphatic rings. The molecule has 0 aliphatic carbocycles. The number of carbonyl (C=O) groups excluding carboxylic acids is 1. The lowest BCUT2D eigenvalue weighted by molar-refractivity contribution is -0.117. The Hall–Kier alpha value is -2.13. The molecule has 0 fully saturated rings. The molecule has 0 spiro atoms. The van der Waals surface area contributed by atoms with Gasteiger partial charge in [-0.25, -0.2) is 0 Å². The van der Waals surface area contributed by atoms with E-state index in [-0.39, 0.29) is 5.91 Å². The largest absolute Gasteiger partial charge is 0.388 e. The molecule has 29 heavy (non-hydrogen) atoms. The van der Waals surface area contributed by atoms with Crippen molar-refractivity contribution in [1.29, 1.82) is 0 Å². The van der Waals surface area contributed by atoms with Crippen molar-refractivity contribution in [1.82, 2.24) is 5.32 Å². The summed E-state index contributed by atoms with van der Waals surface area (Å²) in [5.74, 6) is -0.171. The van der Waals surface area contributed by atoms with Crippen LogP contribution in [0.3, 0.4) is 0 Å². The Kier molecular flexibility index (Phi) is 17.8. The van der Waals surface area contributed by atoms with E-state index in [1.165, 1.54) is 18.9 Å². The molecule has 0 rings (SSSR count). The molecule has 0 aromatic carbocycles. The number of amides is 1. The van der Waals surface area contributed by atoms with Crippen LogP contribution in [0.1, 0.15) is 72.1 Å². The zero-order valence-corrected chi connectivity index (χ0v) is 18.6. The van der Waals surface area contributed by atoms with E-state index in [0.29, 0.717) is 13.0 Å². The Bertz CT molecular complexity index is 582. The second-order valence-electron chi connectivity index (χ2n) is 7.19. The molecule has 0 heterocycles. The number of unbranched alkanes of at least 4 members (excludes halogenated alkanes) is 4. The van der Waals surface area contributed by atoms with Crippen molar-refractivity contribution >= 4 is 5.91 Å². The Balaban J connectivity index is 4.03. The van der Waals surface area contributed by atoms with Gasteiger partial charge in [-0.05, 0) is 32.6 Å². The molecule has 0 saturated carbocycles. The van der Waals surface area contributed by atoms with E-state index in [0.717, 1.165) is 32.1 Å². The molecule has 0 bridgehead atoms. The summed E-state index contributed by atoms with van der Waals surface area (Å²) in [5, 5.41) is 13.4. The summed E-state index contributed by atoms with van der Waals surface area (Å²) in [4.78, 5) is 11.9. The van der Waals surface area contributed by atoms with Crippen molar-refractivity contribution in [3.05, 3.63) is 72.9 Å². The number of hydrogen-bond acceptors (Lipinski definition) is 2. The van der Waals surface area contributed by atoms with Crippen LogP contribution in [0.4, 0.5) is 0 Å². The molecule has 0 saturated heterocycles. The maximum atomic E-state index is 11.9. The van der Waals surface area contributed by atoms with Gasteiger partial charge < -0.3 is 10.4 Å². The fraction of sp³-hybridized carbons (Fsp3) is 0.500. The predicted molar refractivity (Wildman–Crippen MR) is 127 cm³/mol. The van der Waals surface area contributed by atoms with Crippen molar-refractivity contribution < 1.29 is 9.90 Å². The summed E-state index contributed by atoms with van der Waals surface area (Å²) in [7, 11) is 0. The van der Waals surface area contributed by atoms with Gasteiger partial charge in [0.25, 0.3) is 0 Å². The third-order valence-electron chi connectivity index (χ3n) is 4.62. The fourth-order valence-corrected chi connectivity index (χ4v) is 2.63. The number of carbonyl (C=O) groups is 1. The summed E-state index contributed by atoms with van der Waals surface area (Å²) in [5.41, 5.74) is -0.799. The molecule has 0 aromatic heterocycles. The molecule has 1 atom stereocenters. The average Bonchev–Trinajstić information content (AvgIpc) is 2.73. The standard InChI is InChI=1S/C26H41NO2/c1-4-7-9-11-12-13-14-15-16-17-18-19-20-22-25(28)27-24-26(29,6-3)23-21-10-8-5-2/h4,7,9,11-13,16-20,22,29H,5-6,8,10,14-15,21,23-24H2,1-3H3,(H,27,28). The van der Waals surface area contributed by atoms with Gasteiger partial charge in [-0.2, -0.15) is 0 Å². The van der Waals surface area contributed by atoms with Crippen molar-refractivity contribution in [3.8, 4) is 0 Å². The molecule has 0 aliphatic heterocycles. The normalized spacial score (nSPS) is 15.0. The summed E-state index contributed by atoms with van der Waals surface area (Å²) in [6.45, 7) is 6.44. The van der Waals surface area contributed by atoms with Gasteiger partial charge in [-0.1, -0.05) is 106 Å². The number of nitrogens with one attached hydrogen (secondary N) is 1. The van der Waals surface area contributed by atoms with E-state index >= 15 is 0 Å². The lowest BCUT2D eigenvalue weighted by Crippen LogP contribution is -2.42. The molecular formula is C26H41NO2. The average molecular weight is 400 g/mol. The molecule has 3 heteroatoms. The van der Waals surface area contributed by atoms with Gasteiger partial charge in [-0.15, -0.1) is 0 Å². The van der Waals surface area contributed by atoms with Gasteiger partial charge in [0.15, 0.2) is 0 Å². The Morgan fingerprint density at radius 2 is 1.48 bits per heavy atom. The lowest BCUT2D eigenvalue weighted by Gasteiger charge is -2.26. The highest BCUT2D eigenvalue weighted by Gasteiger charge is 2.24. The van der Waals surface area contributed by atoms with Gasteiger partial charge in [0.2, 0.25) is 5.91 Å². The first-order chi connectivity index (χ1) is 14.1. The van der Waals surface area contributed by atoms with E-state index in [1.807, 2.05) is 56.4 Å². The molecule has 1 unspecified atom stereocenters. The number of hydrogen-bond donors (Lipinski definition) is 2. The Morgan fingerprint density at radius 3 is 2.07 bits per heavy atom. The number of allylic oxidation sites excluding steroid dienone is 11. The van der Waals surface area contributed by atoms with Crippen LogP contribution in [-0.4, -0.2) is 23.2 Å². The van der Waals surface area contributed by atoms with Crippen molar-refractivity contribution in [2.45, 2.75) is 77.7 Å². The fourth-order valence-electron chi connectivity index (χ4n) is 2.63. The van der Waals surface area contributed by atoms with E-state index < -0.39 is 5.60 Å². The Morgan fingerprint density at radius 1 is 0.862 bits per heavy atom. The van der Waals surface area contributed by atoms with Crippen LogP contribution in [-0.2, 0) is 4.79 Å². The highest BCUT2D eigenvalue weighted by atomic mass is 16.3. The van der Waals surface area contributed by atoms with E-state index in [1.54, 1.807) is 6.08 Å².